The average molecular weight is 360 g/mol. The monoisotopic (exact) mass is 360 g/mol. The largest absolute Gasteiger partial charge is 0.458 e. The van der Waals surface area contributed by atoms with Gasteiger partial charge in [0.05, 0.1) is 5.60 Å². The van der Waals surface area contributed by atoms with Crippen molar-refractivity contribution in [1.82, 2.24) is 0 Å². The Morgan fingerprint density at radius 2 is 1.96 bits per heavy atom. The van der Waals surface area contributed by atoms with Crippen LogP contribution < -0.4 is 0 Å². The molecule has 0 radical (unpaired) electrons. The van der Waals surface area contributed by atoms with Gasteiger partial charge in [-0.05, 0) is 44.3 Å². The van der Waals surface area contributed by atoms with Gasteiger partial charge >= 0.3 is 5.97 Å². The fraction of sp³-hybridized carbons (Fsp3) is 0.636. The highest BCUT2D eigenvalue weighted by atomic mass is 16.5. The summed E-state index contributed by atoms with van der Waals surface area (Å²) in [6.45, 7) is 11.2. The molecule has 0 aromatic rings. The lowest BCUT2D eigenvalue weighted by Gasteiger charge is -2.43. The Kier molecular flexibility index (Phi) is 5.96. The summed E-state index contributed by atoms with van der Waals surface area (Å²) in [4.78, 5) is 24.6. The molecule has 4 atom stereocenters. The number of fused-ring (bicyclic) bond motifs is 1. The van der Waals surface area contributed by atoms with Crippen molar-refractivity contribution in [3.05, 3.63) is 35.5 Å². The van der Waals surface area contributed by atoms with Crippen molar-refractivity contribution < 1.29 is 19.4 Å². The number of carbonyl (C=O) groups excluding carboxylic acids is 2. The number of hydrogen-bond acceptors (Lipinski definition) is 4. The van der Waals surface area contributed by atoms with Gasteiger partial charge in [0.1, 0.15) is 6.10 Å². The van der Waals surface area contributed by atoms with E-state index in [1.54, 1.807) is 0 Å². The van der Waals surface area contributed by atoms with Crippen LogP contribution in [-0.4, -0.2) is 28.6 Å². The third-order valence-corrected chi connectivity index (χ3v) is 6.36. The first-order valence-corrected chi connectivity index (χ1v) is 9.47. The Hall–Kier alpha value is -1.68. The minimum Gasteiger partial charge on any atom is -0.458 e. The molecule has 0 aromatic carbocycles. The van der Waals surface area contributed by atoms with Crippen molar-refractivity contribution >= 4 is 11.8 Å². The molecule has 144 valence electrons. The van der Waals surface area contributed by atoms with E-state index in [1.807, 2.05) is 58.9 Å². The van der Waals surface area contributed by atoms with E-state index < -0.39 is 17.1 Å². The van der Waals surface area contributed by atoms with Crippen LogP contribution in [0.2, 0.25) is 0 Å². The maximum atomic E-state index is 12.8. The zero-order valence-corrected chi connectivity index (χ0v) is 16.8. The predicted octanol–water partition coefficient (Wildman–Crippen LogP) is 4.14. The standard InChI is InChI=1S/C22H32O4/c1-14(2)22(25)11-10-21(6)19(22)13-18(24)16(4)9-7-8-15(3)12-20(21)26-17(5)23/h7-9,12,14,19-20,25H,10-11,13H2,1-6H3/b8-7-,15-12+,16-9+/t19-,20+,21+,22-/m1/s1. The summed E-state index contributed by atoms with van der Waals surface area (Å²) in [6, 6.07) is 0. The number of esters is 1. The molecule has 2 aliphatic rings. The van der Waals surface area contributed by atoms with Gasteiger partial charge in [0, 0.05) is 24.7 Å². The minimum atomic E-state index is -0.952. The molecule has 4 heteroatoms. The summed E-state index contributed by atoms with van der Waals surface area (Å²) in [6.07, 6.45) is 8.61. The molecule has 0 aromatic heterocycles. The first-order chi connectivity index (χ1) is 12.0. The Balaban J connectivity index is 2.62. The minimum absolute atomic E-state index is 0.0118. The Labute approximate surface area is 157 Å². The quantitative estimate of drug-likeness (QED) is 0.752. The molecule has 26 heavy (non-hydrogen) atoms. The summed E-state index contributed by atoms with van der Waals surface area (Å²) in [5, 5.41) is 11.5. The topological polar surface area (TPSA) is 63.6 Å². The molecular formula is C22H32O4. The molecule has 0 heterocycles. The molecule has 1 N–H and O–H groups in total. The molecular weight excluding hydrogens is 328 g/mol. The Morgan fingerprint density at radius 3 is 2.54 bits per heavy atom. The molecule has 0 aliphatic heterocycles. The van der Waals surface area contributed by atoms with E-state index >= 15 is 0 Å². The van der Waals surface area contributed by atoms with E-state index in [0.717, 1.165) is 5.57 Å². The average Bonchev–Trinajstić information content (AvgIpc) is 2.80. The number of rotatable bonds is 2. The third-order valence-electron chi connectivity index (χ3n) is 6.36. The summed E-state index contributed by atoms with van der Waals surface area (Å²) in [7, 11) is 0. The highest BCUT2D eigenvalue weighted by Gasteiger charge is 2.59. The molecule has 2 rings (SSSR count). The Morgan fingerprint density at radius 1 is 1.31 bits per heavy atom. The number of ketones is 1. The van der Waals surface area contributed by atoms with Crippen LogP contribution in [0.15, 0.2) is 35.5 Å². The van der Waals surface area contributed by atoms with Gasteiger partial charge in [0.2, 0.25) is 0 Å². The zero-order valence-electron chi connectivity index (χ0n) is 16.8. The smallest absolute Gasteiger partial charge is 0.303 e. The van der Waals surface area contributed by atoms with Gasteiger partial charge < -0.3 is 9.84 Å². The maximum Gasteiger partial charge on any atom is 0.303 e. The van der Waals surface area contributed by atoms with Crippen molar-refractivity contribution in [3.8, 4) is 0 Å². The lowest BCUT2D eigenvalue weighted by atomic mass is 9.66. The van der Waals surface area contributed by atoms with E-state index in [4.69, 9.17) is 4.74 Å². The second-order valence-corrected chi connectivity index (χ2v) is 8.48. The van der Waals surface area contributed by atoms with Crippen LogP contribution in [0.4, 0.5) is 0 Å². The van der Waals surface area contributed by atoms with Crippen LogP contribution in [0.3, 0.4) is 0 Å². The van der Waals surface area contributed by atoms with Gasteiger partial charge in [0.25, 0.3) is 0 Å². The van der Waals surface area contributed by atoms with Gasteiger partial charge in [-0.1, -0.05) is 44.6 Å². The predicted molar refractivity (Wildman–Crippen MR) is 102 cm³/mol. The van der Waals surface area contributed by atoms with Gasteiger partial charge in [-0.2, -0.15) is 0 Å². The lowest BCUT2D eigenvalue weighted by molar-refractivity contribution is -0.155. The SMILES string of the molecule is CC(=O)O[C@H]1/C=C(C)/C=C\C=C(/C)C(=O)C[C@@H]2[C@]1(C)CC[C@@]2(O)C(C)C. The maximum absolute atomic E-state index is 12.8. The van der Waals surface area contributed by atoms with E-state index in [-0.39, 0.29) is 30.0 Å². The summed E-state index contributed by atoms with van der Waals surface area (Å²) >= 11 is 0. The number of hydrogen-bond donors (Lipinski definition) is 1. The number of carbonyl (C=O) groups is 2. The molecule has 1 fully saturated rings. The van der Waals surface area contributed by atoms with Crippen molar-refractivity contribution in [2.45, 2.75) is 72.5 Å². The molecule has 1 saturated carbocycles. The van der Waals surface area contributed by atoms with Gasteiger partial charge in [-0.25, -0.2) is 0 Å². The van der Waals surface area contributed by atoms with E-state index in [2.05, 4.69) is 0 Å². The molecule has 0 spiro atoms. The van der Waals surface area contributed by atoms with Crippen LogP contribution in [0.1, 0.15) is 60.8 Å². The second kappa shape index (κ2) is 7.51. The van der Waals surface area contributed by atoms with Gasteiger partial charge in [-0.3, -0.25) is 9.59 Å². The van der Waals surface area contributed by atoms with Crippen molar-refractivity contribution in [3.63, 3.8) is 0 Å². The highest BCUT2D eigenvalue weighted by molar-refractivity contribution is 5.95. The summed E-state index contributed by atoms with van der Waals surface area (Å²) < 4.78 is 5.70. The van der Waals surface area contributed by atoms with Crippen LogP contribution in [-0.2, 0) is 14.3 Å². The zero-order chi connectivity index (χ0) is 19.7. The Bertz CT molecular complexity index is 670. The van der Waals surface area contributed by atoms with E-state index in [1.165, 1.54) is 6.92 Å². The number of ether oxygens (including phenoxy) is 1. The summed E-state index contributed by atoms with van der Waals surface area (Å²) in [5.41, 5.74) is 0.196. The molecule has 2 aliphatic carbocycles. The normalized spacial score (nSPS) is 40.7. The molecule has 0 saturated heterocycles. The lowest BCUT2D eigenvalue weighted by Crippen LogP contribution is -2.48. The van der Waals surface area contributed by atoms with E-state index in [0.29, 0.717) is 18.4 Å². The number of allylic oxidation sites excluding steroid dienone is 5. The highest BCUT2D eigenvalue weighted by Crippen LogP contribution is 2.56. The fourth-order valence-corrected chi connectivity index (χ4v) is 4.45. The molecule has 0 amide bonds. The van der Waals surface area contributed by atoms with Crippen LogP contribution in [0.5, 0.6) is 0 Å². The van der Waals surface area contributed by atoms with Crippen LogP contribution in [0.25, 0.3) is 0 Å². The fourth-order valence-electron chi connectivity index (χ4n) is 4.45. The third kappa shape index (κ3) is 3.85. The first-order valence-electron chi connectivity index (χ1n) is 9.47. The van der Waals surface area contributed by atoms with Crippen molar-refractivity contribution in [2.75, 3.05) is 0 Å². The molecule has 0 unspecified atom stereocenters. The summed E-state index contributed by atoms with van der Waals surface area (Å²) in [5.74, 6) is -0.582. The molecule has 0 bridgehead atoms. The van der Waals surface area contributed by atoms with Crippen molar-refractivity contribution in [2.24, 2.45) is 17.3 Å². The van der Waals surface area contributed by atoms with Crippen molar-refractivity contribution in [1.29, 1.82) is 0 Å². The first kappa shape index (κ1) is 20.6. The second-order valence-electron chi connectivity index (χ2n) is 8.48. The van der Waals surface area contributed by atoms with Gasteiger partial charge in [0.15, 0.2) is 5.78 Å². The number of aliphatic hydroxyl groups is 1. The molecule has 4 nitrogen and oxygen atoms in total. The van der Waals surface area contributed by atoms with Gasteiger partial charge in [-0.15, -0.1) is 0 Å². The van der Waals surface area contributed by atoms with E-state index in [9.17, 15) is 14.7 Å². The van der Waals surface area contributed by atoms with Crippen LogP contribution in [0, 0.1) is 17.3 Å². The number of Topliss-reactive ketones (excluding diaryl/α,β-unsaturated/α-hetero) is 1. The van der Waals surface area contributed by atoms with Crippen LogP contribution >= 0.6 is 0 Å².